The number of pyridine rings is 1. The molecule has 0 unspecified atom stereocenters. The first kappa shape index (κ1) is 28.4. The van der Waals surface area contributed by atoms with Gasteiger partial charge in [0.15, 0.2) is 0 Å². The van der Waals surface area contributed by atoms with Gasteiger partial charge in [-0.05, 0) is 88.2 Å². The minimum atomic E-state index is -4.12. The van der Waals surface area contributed by atoms with Crippen molar-refractivity contribution >= 4 is 11.9 Å². The third-order valence-electron chi connectivity index (χ3n) is 9.16. The number of benzene rings is 1. The number of nitrogens with zero attached hydrogens (tertiary/aromatic N) is 3. The Morgan fingerprint density at radius 1 is 1.00 bits per heavy atom. The van der Waals surface area contributed by atoms with E-state index >= 15 is 0 Å². The van der Waals surface area contributed by atoms with Gasteiger partial charge in [-0.15, -0.1) is 0 Å². The van der Waals surface area contributed by atoms with Crippen molar-refractivity contribution in [1.82, 2.24) is 14.8 Å². The Morgan fingerprint density at radius 3 is 2.23 bits per heavy atom. The van der Waals surface area contributed by atoms with Gasteiger partial charge in [0, 0.05) is 36.5 Å². The van der Waals surface area contributed by atoms with Gasteiger partial charge in [0.2, 0.25) is 5.88 Å². The zero-order valence-corrected chi connectivity index (χ0v) is 22.8. The highest BCUT2D eigenvalue weighted by atomic mass is 19.4. The van der Waals surface area contributed by atoms with Crippen LogP contribution in [0.5, 0.6) is 5.88 Å². The molecule has 1 N–H and O–H groups in total. The maximum atomic E-state index is 13.5. The number of carbonyl (C=O) groups is 2. The number of aromatic nitrogens is 1. The number of rotatable bonds is 8. The molecule has 1 atom stereocenters. The number of ether oxygens (including phenoxy) is 1. The molecule has 1 aromatic carbocycles. The summed E-state index contributed by atoms with van der Waals surface area (Å²) in [6.07, 6.45) is 1.44. The van der Waals surface area contributed by atoms with E-state index in [2.05, 4.69) is 4.98 Å². The Morgan fingerprint density at radius 2 is 1.68 bits per heavy atom. The third kappa shape index (κ3) is 5.55. The second kappa shape index (κ2) is 11.0. The molecule has 0 bridgehead atoms. The molecule has 0 radical (unpaired) electrons. The van der Waals surface area contributed by atoms with Gasteiger partial charge in [-0.25, -0.2) is 9.78 Å². The van der Waals surface area contributed by atoms with E-state index in [0.29, 0.717) is 56.9 Å². The van der Waals surface area contributed by atoms with Gasteiger partial charge in [0.1, 0.15) is 5.54 Å². The van der Waals surface area contributed by atoms with Crippen LogP contribution in [0.25, 0.3) is 11.1 Å². The molecule has 7 nitrogen and oxygen atoms in total. The molecule has 1 amide bonds. The molecule has 5 rings (SSSR count). The molecule has 40 heavy (non-hydrogen) atoms. The number of halogens is 3. The van der Waals surface area contributed by atoms with E-state index in [9.17, 15) is 27.9 Å². The normalized spacial score (nSPS) is 23.6. The Labute approximate surface area is 232 Å². The molecule has 1 aliphatic carbocycles. The molecule has 1 saturated carbocycles. The maximum Gasteiger partial charge on any atom is 0.395 e. The highest BCUT2D eigenvalue weighted by molar-refractivity contribution is 5.98. The fourth-order valence-electron chi connectivity index (χ4n) is 6.19. The largest absolute Gasteiger partial charge is 0.480 e. The first-order chi connectivity index (χ1) is 19.0. The Bertz CT molecular complexity index is 1210. The van der Waals surface area contributed by atoms with Crippen molar-refractivity contribution in [1.29, 1.82) is 0 Å². The fourth-order valence-corrected chi connectivity index (χ4v) is 6.19. The van der Waals surface area contributed by atoms with Crippen molar-refractivity contribution in [2.24, 2.45) is 11.3 Å². The molecular weight excluding hydrogens is 523 g/mol. The van der Waals surface area contributed by atoms with Gasteiger partial charge < -0.3 is 19.6 Å². The molecular formula is C30H36F3N3O4. The van der Waals surface area contributed by atoms with Crippen LogP contribution in [0.2, 0.25) is 0 Å². The van der Waals surface area contributed by atoms with Crippen molar-refractivity contribution in [3.8, 4) is 17.0 Å². The Balaban J connectivity index is 1.10. The summed E-state index contributed by atoms with van der Waals surface area (Å²) in [5, 5.41) is 9.60. The second-order valence-corrected chi connectivity index (χ2v) is 11.8. The Hall–Kier alpha value is -3.14. The number of carboxylic acid groups (broad SMARTS) is 1. The maximum absolute atomic E-state index is 13.5. The zero-order chi connectivity index (χ0) is 28.5. The van der Waals surface area contributed by atoms with E-state index in [-0.39, 0.29) is 31.2 Å². The van der Waals surface area contributed by atoms with Gasteiger partial charge in [-0.3, -0.25) is 4.79 Å². The first-order valence-electron chi connectivity index (χ1n) is 14.0. The van der Waals surface area contributed by atoms with E-state index in [1.165, 1.54) is 4.90 Å². The van der Waals surface area contributed by atoms with Gasteiger partial charge in [-0.2, -0.15) is 13.2 Å². The molecule has 3 aliphatic rings. The second-order valence-electron chi connectivity index (χ2n) is 11.8. The summed E-state index contributed by atoms with van der Waals surface area (Å²) in [5.41, 5.74) is -0.524. The number of carboxylic acids is 1. The van der Waals surface area contributed by atoms with Crippen molar-refractivity contribution < 1.29 is 32.6 Å². The van der Waals surface area contributed by atoms with E-state index in [1.807, 2.05) is 23.1 Å². The number of aliphatic carboxylic acids is 1. The average Bonchev–Trinajstić information content (AvgIpc) is 3.32. The summed E-state index contributed by atoms with van der Waals surface area (Å²) in [7, 11) is 0. The predicted octanol–water partition coefficient (Wildman–Crippen LogP) is 5.65. The summed E-state index contributed by atoms with van der Waals surface area (Å²) >= 11 is 0. The number of hydrogen-bond donors (Lipinski definition) is 1. The number of amides is 1. The lowest BCUT2D eigenvalue weighted by atomic mass is 9.67. The number of likely N-dealkylation sites (tertiary alicyclic amines) is 2. The van der Waals surface area contributed by atoms with E-state index in [1.54, 1.807) is 31.3 Å². The Kier molecular flexibility index (Phi) is 7.83. The quantitative estimate of drug-likeness (QED) is 0.450. The summed E-state index contributed by atoms with van der Waals surface area (Å²) in [4.78, 5) is 32.5. The van der Waals surface area contributed by atoms with Crippen molar-refractivity contribution in [3.05, 3.63) is 48.2 Å². The predicted molar refractivity (Wildman–Crippen MR) is 143 cm³/mol. The van der Waals surface area contributed by atoms with Crippen molar-refractivity contribution in [2.45, 2.75) is 63.6 Å². The minimum absolute atomic E-state index is 0.113. The van der Waals surface area contributed by atoms with Crippen LogP contribution in [0.4, 0.5) is 13.2 Å². The van der Waals surface area contributed by atoms with Crippen LogP contribution in [0.1, 0.15) is 62.2 Å². The van der Waals surface area contributed by atoms with E-state index in [4.69, 9.17) is 4.74 Å². The molecule has 10 heteroatoms. The van der Waals surface area contributed by atoms with E-state index < -0.39 is 23.1 Å². The van der Waals surface area contributed by atoms with Crippen LogP contribution in [0.15, 0.2) is 42.6 Å². The standard InChI is InChI=1S/C30H36F3N3O4/c1-28(27(38)39)12-3-15-36(28)26(37)23-6-4-22(5-7-23)24-8-9-25(34-18-24)40-19-21-10-16-35(17-11-21)20-29(13-2-14-29)30(31,32)33/h4-9,18,21H,2-3,10-17,19-20H2,1H3,(H,38,39)/t28-/m0/s1. The average molecular weight is 560 g/mol. The minimum Gasteiger partial charge on any atom is -0.480 e. The highest BCUT2D eigenvalue weighted by Crippen LogP contribution is 2.53. The van der Waals surface area contributed by atoms with Crippen LogP contribution in [0.3, 0.4) is 0 Å². The van der Waals surface area contributed by atoms with Gasteiger partial charge >= 0.3 is 12.1 Å². The van der Waals surface area contributed by atoms with Crippen LogP contribution in [-0.2, 0) is 4.79 Å². The number of alkyl halides is 3. The third-order valence-corrected chi connectivity index (χ3v) is 9.16. The number of piperidine rings is 1. The molecule has 1 aromatic heterocycles. The zero-order valence-electron chi connectivity index (χ0n) is 22.8. The molecule has 2 saturated heterocycles. The molecule has 2 aliphatic heterocycles. The highest BCUT2D eigenvalue weighted by Gasteiger charge is 2.58. The lowest BCUT2D eigenvalue weighted by molar-refractivity contribution is -0.256. The van der Waals surface area contributed by atoms with Crippen LogP contribution < -0.4 is 4.74 Å². The van der Waals surface area contributed by atoms with Crippen LogP contribution >= 0.6 is 0 Å². The van der Waals surface area contributed by atoms with Crippen LogP contribution in [-0.4, -0.2) is 76.3 Å². The summed E-state index contributed by atoms with van der Waals surface area (Å²) in [5.74, 6) is -0.503. The molecule has 3 heterocycles. The van der Waals surface area contributed by atoms with Crippen molar-refractivity contribution in [3.63, 3.8) is 0 Å². The smallest absolute Gasteiger partial charge is 0.395 e. The first-order valence-corrected chi connectivity index (χ1v) is 14.0. The van der Waals surface area contributed by atoms with Gasteiger partial charge in [0.05, 0.1) is 12.0 Å². The van der Waals surface area contributed by atoms with Crippen LogP contribution in [0, 0.1) is 11.3 Å². The lowest BCUT2D eigenvalue weighted by Gasteiger charge is -2.47. The van der Waals surface area contributed by atoms with Crippen molar-refractivity contribution in [2.75, 3.05) is 32.8 Å². The van der Waals surface area contributed by atoms with Gasteiger partial charge in [0.25, 0.3) is 5.91 Å². The van der Waals surface area contributed by atoms with E-state index in [0.717, 1.165) is 24.0 Å². The molecule has 2 aromatic rings. The lowest BCUT2D eigenvalue weighted by Crippen LogP contribution is -2.53. The summed E-state index contributed by atoms with van der Waals surface area (Å²) < 4.78 is 46.4. The number of hydrogen-bond acceptors (Lipinski definition) is 5. The molecule has 216 valence electrons. The molecule has 0 spiro atoms. The summed E-state index contributed by atoms with van der Waals surface area (Å²) in [6, 6.07) is 10.7. The SMILES string of the molecule is C[C@@]1(C(=O)O)CCCN1C(=O)c1ccc(-c2ccc(OCC3CCN(CC4(C(F)(F)F)CCC4)CC3)nc2)cc1. The summed E-state index contributed by atoms with van der Waals surface area (Å²) in [6.45, 7) is 3.92. The topological polar surface area (TPSA) is 83.0 Å². The molecule has 3 fully saturated rings. The fraction of sp³-hybridized carbons (Fsp3) is 0.567. The monoisotopic (exact) mass is 559 g/mol. The number of carbonyl (C=O) groups excluding carboxylic acids is 1. The van der Waals surface area contributed by atoms with Gasteiger partial charge in [-0.1, -0.05) is 18.6 Å².